The highest BCUT2D eigenvalue weighted by Crippen LogP contribution is 2.26. The summed E-state index contributed by atoms with van der Waals surface area (Å²) in [5.41, 5.74) is 0.923. The number of halogens is 1. The Balaban J connectivity index is 0.00000264. The van der Waals surface area contributed by atoms with Crippen molar-refractivity contribution in [3.05, 3.63) is 46.2 Å². The van der Waals surface area contributed by atoms with Gasteiger partial charge in [-0.05, 0) is 36.1 Å². The number of ether oxygens (including phenoxy) is 1. The first-order chi connectivity index (χ1) is 10.7. The van der Waals surface area contributed by atoms with Crippen molar-refractivity contribution in [3.8, 4) is 11.5 Å². The molecule has 0 fully saturated rings. The van der Waals surface area contributed by atoms with Gasteiger partial charge in [0, 0.05) is 11.4 Å². The molecule has 0 atom stereocenters. The predicted octanol–water partition coefficient (Wildman–Crippen LogP) is 3.34. The van der Waals surface area contributed by atoms with Gasteiger partial charge in [0.1, 0.15) is 0 Å². The zero-order chi connectivity index (χ0) is 15.8. The van der Waals surface area contributed by atoms with Crippen LogP contribution in [0.2, 0.25) is 0 Å². The topological polar surface area (TPSA) is 65.9 Å². The van der Waals surface area contributed by atoms with E-state index in [9.17, 15) is 5.11 Å². The van der Waals surface area contributed by atoms with E-state index in [2.05, 4.69) is 27.1 Å². The molecule has 3 N–H and O–H groups in total. The van der Waals surface area contributed by atoms with E-state index < -0.39 is 0 Å². The van der Waals surface area contributed by atoms with Crippen molar-refractivity contribution in [1.82, 2.24) is 10.6 Å². The van der Waals surface area contributed by atoms with Crippen LogP contribution in [-0.2, 0) is 13.1 Å². The van der Waals surface area contributed by atoms with Crippen molar-refractivity contribution in [2.75, 3.05) is 13.7 Å². The summed E-state index contributed by atoms with van der Waals surface area (Å²) in [5.74, 6) is 1.36. The Labute approximate surface area is 157 Å². The molecule has 0 radical (unpaired) electrons. The Kier molecular flexibility index (Phi) is 8.78. The number of methoxy groups -OCH3 is 1. The third-order valence-corrected chi connectivity index (χ3v) is 3.89. The highest BCUT2D eigenvalue weighted by Gasteiger charge is 2.03. The Morgan fingerprint density at radius 1 is 1.30 bits per heavy atom. The van der Waals surface area contributed by atoms with E-state index in [0.717, 1.165) is 24.6 Å². The average Bonchev–Trinajstić information content (AvgIpc) is 3.03. The molecule has 5 nitrogen and oxygen atoms in total. The van der Waals surface area contributed by atoms with Crippen molar-refractivity contribution in [3.63, 3.8) is 0 Å². The first kappa shape index (κ1) is 19.6. The summed E-state index contributed by atoms with van der Waals surface area (Å²) >= 11 is 1.71. The van der Waals surface area contributed by atoms with Crippen molar-refractivity contribution in [1.29, 1.82) is 0 Å². The van der Waals surface area contributed by atoms with E-state index in [-0.39, 0.29) is 29.7 Å². The van der Waals surface area contributed by atoms with Gasteiger partial charge >= 0.3 is 0 Å². The second-order valence-electron chi connectivity index (χ2n) is 4.63. The maximum atomic E-state index is 9.78. The molecule has 2 aromatic rings. The molecule has 0 aliphatic heterocycles. The van der Waals surface area contributed by atoms with Gasteiger partial charge in [-0.2, -0.15) is 0 Å². The Morgan fingerprint density at radius 2 is 2.13 bits per heavy atom. The van der Waals surface area contributed by atoms with Gasteiger partial charge in [0.05, 0.1) is 20.2 Å². The van der Waals surface area contributed by atoms with Gasteiger partial charge in [-0.15, -0.1) is 35.3 Å². The van der Waals surface area contributed by atoms with E-state index in [1.54, 1.807) is 23.5 Å². The molecule has 0 aliphatic rings. The molecule has 0 unspecified atom stereocenters. The molecule has 1 aromatic heterocycles. The first-order valence-corrected chi connectivity index (χ1v) is 8.01. The van der Waals surface area contributed by atoms with Crippen LogP contribution in [0, 0.1) is 0 Å². The van der Waals surface area contributed by atoms with E-state index >= 15 is 0 Å². The Bertz CT molecular complexity index is 618. The molecule has 0 spiro atoms. The summed E-state index contributed by atoms with van der Waals surface area (Å²) in [6, 6.07) is 9.43. The normalized spacial score (nSPS) is 10.8. The number of phenols is 1. The molecule has 0 bridgehead atoms. The lowest BCUT2D eigenvalue weighted by atomic mass is 10.2. The zero-order valence-electron chi connectivity index (χ0n) is 13.2. The molecule has 0 aliphatic carbocycles. The minimum Gasteiger partial charge on any atom is -0.504 e. The largest absolute Gasteiger partial charge is 0.504 e. The van der Waals surface area contributed by atoms with E-state index in [1.165, 1.54) is 12.0 Å². The SMILES string of the molecule is CCNC(=NCc1ccc(OC)c(O)c1)NCc1cccs1.I. The molecule has 1 aromatic carbocycles. The molecule has 1 heterocycles. The molecule has 7 heteroatoms. The van der Waals surface area contributed by atoms with Gasteiger partial charge in [0.2, 0.25) is 0 Å². The number of guanidine groups is 1. The third kappa shape index (κ3) is 6.26. The fraction of sp³-hybridized carbons (Fsp3) is 0.312. The Morgan fingerprint density at radius 3 is 2.74 bits per heavy atom. The van der Waals surface area contributed by atoms with Gasteiger partial charge in [-0.25, -0.2) is 4.99 Å². The fourth-order valence-electron chi connectivity index (χ4n) is 1.93. The lowest BCUT2D eigenvalue weighted by molar-refractivity contribution is 0.373. The first-order valence-electron chi connectivity index (χ1n) is 7.13. The van der Waals surface area contributed by atoms with Crippen LogP contribution < -0.4 is 15.4 Å². The van der Waals surface area contributed by atoms with Crippen molar-refractivity contribution in [2.24, 2.45) is 4.99 Å². The summed E-state index contributed by atoms with van der Waals surface area (Å²) in [4.78, 5) is 5.78. The molecule has 0 amide bonds. The lowest BCUT2D eigenvalue weighted by Gasteiger charge is -2.11. The van der Waals surface area contributed by atoms with E-state index in [1.807, 2.05) is 19.1 Å². The van der Waals surface area contributed by atoms with Crippen LogP contribution in [0.3, 0.4) is 0 Å². The number of nitrogens with one attached hydrogen (secondary N) is 2. The van der Waals surface area contributed by atoms with Gasteiger partial charge in [-0.1, -0.05) is 12.1 Å². The molecule has 0 saturated heterocycles. The summed E-state index contributed by atoms with van der Waals surface area (Å²) in [7, 11) is 1.53. The average molecular weight is 447 g/mol. The predicted molar refractivity (Wildman–Crippen MR) is 106 cm³/mol. The molecule has 0 saturated carbocycles. The number of phenolic OH excluding ortho intramolecular Hbond substituents is 1. The van der Waals surface area contributed by atoms with Gasteiger partial charge in [0.15, 0.2) is 17.5 Å². The number of nitrogens with zero attached hydrogens (tertiary/aromatic N) is 1. The van der Waals surface area contributed by atoms with E-state index in [0.29, 0.717) is 12.3 Å². The van der Waals surface area contributed by atoms with E-state index in [4.69, 9.17) is 4.74 Å². The molecule has 2 rings (SSSR count). The minimum absolute atomic E-state index is 0. The van der Waals surface area contributed by atoms with Crippen molar-refractivity contribution in [2.45, 2.75) is 20.0 Å². The molecular weight excluding hydrogens is 425 g/mol. The van der Waals surface area contributed by atoms with Crippen LogP contribution in [0.5, 0.6) is 11.5 Å². The third-order valence-electron chi connectivity index (χ3n) is 3.02. The second-order valence-corrected chi connectivity index (χ2v) is 5.67. The molecular formula is C16H22IN3O2S. The summed E-state index contributed by atoms with van der Waals surface area (Å²) in [5, 5.41) is 18.3. The summed E-state index contributed by atoms with van der Waals surface area (Å²) in [6.07, 6.45) is 0. The number of aliphatic imine (C=N–C) groups is 1. The number of thiophene rings is 1. The van der Waals surface area contributed by atoms with Crippen molar-refractivity contribution < 1.29 is 9.84 Å². The smallest absolute Gasteiger partial charge is 0.191 e. The minimum atomic E-state index is 0. The van der Waals surface area contributed by atoms with Gasteiger partial charge < -0.3 is 20.5 Å². The van der Waals surface area contributed by atoms with Gasteiger partial charge in [0.25, 0.3) is 0 Å². The maximum absolute atomic E-state index is 9.78. The number of aromatic hydroxyl groups is 1. The van der Waals surface area contributed by atoms with Crippen LogP contribution in [0.15, 0.2) is 40.7 Å². The highest BCUT2D eigenvalue weighted by atomic mass is 127. The Hall–Kier alpha value is -1.48. The van der Waals surface area contributed by atoms with Crippen molar-refractivity contribution >= 4 is 41.3 Å². The maximum Gasteiger partial charge on any atom is 0.191 e. The summed E-state index contributed by atoms with van der Waals surface area (Å²) < 4.78 is 5.03. The number of benzene rings is 1. The van der Waals surface area contributed by atoms with Crippen LogP contribution >= 0.6 is 35.3 Å². The summed E-state index contributed by atoms with van der Waals surface area (Å²) in [6.45, 7) is 4.06. The van der Waals surface area contributed by atoms with Gasteiger partial charge in [-0.3, -0.25) is 0 Å². The molecule has 126 valence electrons. The monoisotopic (exact) mass is 447 g/mol. The fourth-order valence-corrected chi connectivity index (χ4v) is 2.57. The van der Waals surface area contributed by atoms with Crippen LogP contribution in [0.1, 0.15) is 17.4 Å². The number of hydrogen-bond donors (Lipinski definition) is 3. The van der Waals surface area contributed by atoms with Crippen LogP contribution in [0.25, 0.3) is 0 Å². The van der Waals surface area contributed by atoms with Crippen LogP contribution in [0.4, 0.5) is 0 Å². The lowest BCUT2D eigenvalue weighted by Crippen LogP contribution is -2.36. The highest BCUT2D eigenvalue weighted by molar-refractivity contribution is 14.0. The molecule has 23 heavy (non-hydrogen) atoms. The standard InChI is InChI=1S/C16H21N3O2S.HI/c1-3-17-16(19-11-13-5-4-8-22-13)18-10-12-6-7-15(21-2)14(20)9-12;/h4-9,20H,3,10-11H2,1-2H3,(H2,17,18,19);1H. The zero-order valence-corrected chi connectivity index (χ0v) is 16.4. The number of hydrogen-bond acceptors (Lipinski definition) is 4. The second kappa shape index (κ2) is 10.3. The van der Waals surface area contributed by atoms with Crippen LogP contribution in [-0.4, -0.2) is 24.7 Å². The quantitative estimate of drug-likeness (QED) is 0.361. The number of rotatable bonds is 6.